The molecule has 1 aliphatic carbocycles. The van der Waals surface area contributed by atoms with E-state index in [0.717, 1.165) is 32.2 Å². The zero-order chi connectivity index (χ0) is 15.1. The molecule has 2 rings (SSSR count). The van der Waals surface area contributed by atoms with E-state index >= 15 is 0 Å². The van der Waals surface area contributed by atoms with Crippen molar-refractivity contribution in [2.45, 2.75) is 83.7 Å². The largest absolute Gasteiger partial charge is 0.324 e. The van der Waals surface area contributed by atoms with Gasteiger partial charge in [0, 0.05) is 24.3 Å². The summed E-state index contributed by atoms with van der Waals surface area (Å²) < 4.78 is 1.99. The molecule has 118 valence electrons. The maximum Gasteiger partial charge on any atom is 0.250 e. The second kappa shape index (κ2) is 8.38. The lowest BCUT2D eigenvalue weighted by atomic mass is 9.91. The number of aromatic nitrogens is 1. The van der Waals surface area contributed by atoms with Crippen molar-refractivity contribution >= 4 is 0 Å². The minimum Gasteiger partial charge on any atom is -0.324 e. The summed E-state index contributed by atoms with van der Waals surface area (Å²) in [6, 6.07) is 3.77. The Labute approximate surface area is 128 Å². The van der Waals surface area contributed by atoms with Gasteiger partial charge in [0.05, 0.1) is 0 Å². The van der Waals surface area contributed by atoms with Crippen molar-refractivity contribution < 1.29 is 0 Å². The van der Waals surface area contributed by atoms with Crippen LogP contribution in [0, 0.1) is 0 Å². The van der Waals surface area contributed by atoms with Crippen LogP contribution in [-0.4, -0.2) is 4.57 Å². The first-order valence-corrected chi connectivity index (χ1v) is 8.72. The third kappa shape index (κ3) is 4.44. The molecule has 21 heavy (non-hydrogen) atoms. The Kier molecular flexibility index (Phi) is 6.50. The third-order valence-corrected chi connectivity index (χ3v) is 4.64. The summed E-state index contributed by atoms with van der Waals surface area (Å²) in [7, 11) is 0. The smallest absolute Gasteiger partial charge is 0.250 e. The molecule has 0 radical (unpaired) electrons. The molecule has 3 nitrogen and oxygen atoms in total. The van der Waals surface area contributed by atoms with Gasteiger partial charge >= 0.3 is 0 Å². The van der Waals surface area contributed by atoms with Gasteiger partial charge in [-0.25, -0.2) is 0 Å². The Morgan fingerprint density at radius 1 is 1.14 bits per heavy atom. The van der Waals surface area contributed by atoms with Crippen LogP contribution in [0.3, 0.4) is 0 Å². The maximum atomic E-state index is 12.1. The average Bonchev–Trinajstić information content (AvgIpc) is 2.48. The molecule has 0 amide bonds. The number of fused-ring (bicyclic) bond motifs is 1. The summed E-state index contributed by atoms with van der Waals surface area (Å²) in [6.07, 6.45) is 12.1. The van der Waals surface area contributed by atoms with E-state index in [1.165, 1.54) is 49.8 Å². The molecule has 1 atom stereocenters. The topological polar surface area (TPSA) is 48.0 Å². The van der Waals surface area contributed by atoms with Crippen molar-refractivity contribution in [3.05, 3.63) is 33.7 Å². The monoisotopic (exact) mass is 290 g/mol. The van der Waals surface area contributed by atoms with Crippen molar-refractivity contribution in [1.82, 2.24) is 4.57 Å². The van der Waals surface area contributed by atoms with Gasteiger partial charge in [-0.2, -0.15) is 0 Å². The highest BCUT2D eigenvalue weighted by atomic mass is 16.1. The lowest BCUT2D eigenvalue weighted by molar-refractivity contribution is 0.493. The van der Waals surface area contributed by atoms with Gasteiger partial charge in [0.1, 0.15) is 0 Å². The van der Waals surface area contributed by atoms with Gasteiger partial charge in [-0.05, 0) is 31.2 Å². The summed E-state index contributed by atoms with van der Waals surface area (Å²) in [5.74, 6) is 0. The molecule has 1 aromatic rings. The molecule has 1 heterocycles. The summed E-state index contributed by atoms with van der Waals surface area (Å²) in [4.78, 5) is 12.1. The van der Waals surface area contributed by atoms with Crippen LogP contribution in [0.25, 0.3) is 0 Å². The van der Waals surface area contributed by atoms with Gasteiger partial charge in [0.15, 0.2) is 0 Å². The Morgan fingerprint density at radius 2 is 1.86 bits per heavy atom. The van der Waals surface area contributed by atoms with Crippen molar-refractivity contribution in [2.75, 3.05) is 0 Å². The van der Waals surface area contributed by atoms with Gasteiger partial charge in [-0.15, -0.1) is 0 Å². The summed E-state index contributed by atoms with van der Waals surface area (Å²) in [6.45, 7) is 3.11. The predicted octanol–water partition coefficient (Wildman–Crippen LogP) is 3.94. The molecular formula is C18H30N2O. The van der Waals surface area contributed by atoms with Crippen LogP contribution in [0.2, 0.25) is 0 Å². The second-order valence-corrected chi connectivity index (χ2v) is 6.35. The molecule has 0 aromatic carbocycles. The van der Waals surface area contributed by atoms with E-state index in [1.54, 1.807) is 6.07 Å². The number of pyridine rings is 1. The minimum atomic E-state index is 0.120. The first-order valence-electron chi connectivity index (χ1n) is 8.72. The Balaban J connectivity index is 1.88. The molecular weight excluding hydrogens is 260 g/mol. The van der Waals surface area contributed by atoms with E-state index in [2.05, 4.69) is 6.92 Å². The lowest BCUT2D eigenvalue weighted by Crippen LogP contribution is -2.29. The van der Waals surface area contributed by atoms with Gasteiger partial charge in [-0.3, -0.25) is 4.79 Å². The van der Waals surface area contributed by atoms with Crippen LogP contribution in [0.1, 0.15) is 82.0 Å². The average molecular weight is 290 g/mol. The van der Waals surface area contributed by atoms with Crippen LogP contribution < -0.4 is 11.3 Å². The molecule has 1 aromatic heterocycles. The van der Waals surface area contributed by atoms with Gasteiger partial charge in [0.2, 0.25) is 0 Å². The number of unbranched alkanes of at least 4 members (excludes halogenated alkanes) is 6. The van der Waals surface area contributed by atoms with E-state index in [1.807, 2.05) is 10.6 Å². The molecule has 0 spiro atoms. The molecule has 0 bridgehead atoms. The summed E-state index contributed by atoms with van der Waals surface area (Å²) >= 11 is 0. The quantitative estimate of drug-likeness (QED) is 0.737. The highest BCUT2D eigenvalue weighted by Crippen LogP contribution is 2.26. The van der Waals surface area contributed by atoms with Gasteiger partial charge in [0.25, 0.3) is 5.56 Å². The molecule has 2 N–H and O–H groups in total. The summed E-state index contributed by atoms with van der Waals surface area (Å²) in [5, 5.41) is 0. The van der Waals surface area contributed by atoms with E-state index < -0.39 is 0 Å². The summed E-state index contributed by atoms with van der Waals surface area (Å²) in [5.41, 5.74) is 8.72. The lowest BCUT2D eigenvalue weighted by Gasteiger charge is -2.25. The van der Waals surface area contributed by atoms with Crippen molar-refractivity contribution in [3.8, 4) is 0 Å². The van der Waals surface area contributed by atoms with Crippen LogP contribution >= 0.6 is 0 Å². The second-order valence-electron chi connectivity index (χ2n) is 6.35. The van der Waals surface area contributed by atoms with Gasteiger partial charge in [-0.1, -0.05) is 51.5 Å². The minimum absolute atomic E-state index is 0.120. The Hall–Kier alpha value is -1.09. The molecule has 1 aliphatic rings. The first kappa shape index (κ1) is 16.3. The normalized spacial score (nSPS) is 17.7. The number of rotatable bonds is 8. The molecule has 0 aliphatic heterocycles. The van der Waals surface area contributed by atoms with Crippen molar-refractivity contribution in [1.29, 1.82) is 0 Å². The maximum absolute atomic E-state index is 12.1. The Bertz CT molecular complexity index is 492. The fourth-order valence-electron chi connectivity index (χ4n) is 3.37. The highest BCUT2D eigenvalue weighted by molar-refractivity contribution is 5.27. The Morgan fingerprint density at radius 3 is 2.62 bits per heavy atom. The number of nitrogens with zero attached hydrogens (tertiary/aromatic N) is 1. The number of nitrogens with two attached hydrogens (primary N) is 1. The number of hydrogen-bond acceptors (Lipinski definition) is 2. The SMILES string of the molecule is CCCCCCCCCn1c2c(ccc1=O)C(N)CCC2. The standard InChI is InChI=1S/C18H30N2O/c1-2-3-4-5-6-7-8-14-20-17-11-9-10-16(19)15(17)12-13-18(20)21/h12-13,16H,2-11,14,19H2,1H3. The molecule has 0 saturated carbocycles. The van der Waals surface area contributed by atoms with Gasteiger partial charge < -0.3 is 10.3 Å². The molecule has 3 heteroatoms. The van der Waals surface area contributed by atoms with Crippen LogP contribution in [0.5, 0.6) is 0 Å². The number of hydrogen-bond donors (Lipinski definition) is 1. The highest BCUT2D eigenvalue weighted by Gasteiger charge is 2.19. The fraction of sp³-hybridized carbons (Fsp3) is 0.722. The van der Waals surface area contributed by atoms with Crippen LogP contribution in [0.4, 0.5) is 0 Å². The van der Waals surface area contributed by atoms with Crippen molar-refractivity contribution in [2.24, 2.45) is 5.73 Å². The molecule has 0 fully saturated rings. The van der Waals surface area contributed by atoms with E-state index in [-0.39, 0.29) is 11.6 Å². The molecule has 0 saturated heterocycles. The predicted molar refractivity (Wildman–Crippen MR) is 88.6 cm³/mol. The zero-order valence-corrected chi connectivity index (χ0v) is 13.4. The van der Waals surface area contributed by atoms with E-state index in [4.69, 9.17) is 5.73 Å². The third-order valence-electron chi connectivity index (χ3n) is 4.64. The fourth-order valence-corrected chi connectivity index (χ4v) is 3.37. The van der Waals surface area contributed by atoms with E-state index in [0.29, 0.717) is 0 Å². The van der Waals surface area contributed by atoms with Crippen LogP contribution in [0.15, 0.2) is 16.9 Å². The van der Waals surface area contributed by atoms with E-state index in [9.17, 15) is 4.79 Å². The zero-order valence-electron chi connectivity index (χ0n) is 13.4. The molecule has 1 unspecified atom stereocenters. The first-order chi connectivity index (χ1) is 10.2. The van der Waals surface area contributed by atoms with Crippen LogP contribution in [-0.2, 0) is 13.0 Å². The van der Waals surface area contributed by atoms with Crippen molar-refractivity contribution in [3.63, 3.8) is 0 Å².